The number of nitrogens with one attached hydrogen (secondary N) is 1. The van der Waals surface area contributed by atoms with Crippen molar-refractivity contribution in [2.45, 2.75) is 11.4 Å². The van der Waals surface area contributed by atoms with Crippen LogP contribution in [0.15, 0.2) is 95.3 Å². The lowest BCUT2D eigenvalue weighted by Crippen LogP contribution is -2.12. The normalized spacial score (nSPS) is 10.6. The SMILES string of the molecule is COc1ccc(-c2cc(-c3ccccc3)nc(SCCC(=O)Nc3nc(-c4ccccc4OC)cs3)c2C#N)cc1. The summed E-state index contributed by atoms with van der Waals surface area (Å²) in [6.45, 7) is 0. The summed E-state index contributed by atoms with van der Waals surface area (Å²) in [5, 5.41) is 16.0. The summed E-state index contributed by atoms with van der Waals surface area (Å²) in [4.78, 5) is 22.2. The van der Waals surface area contributed by atoms with Crippen LogP contribution in [-0.2, 0) is 4.79 Å². The number of thioether (sulfide) groups is 1. The number of carbonyl (C=O) groups is 1. The predicted molar refractivity (Wildman–Crippen MR) is 164 cm³/mol. The van der Waals surface area contributed by atoms with Crippen molar-refractivity contribution in [1.82, 2.24) is 9.97 Å². The van der Waals surface area contributed by atoms with Gasteiger partial charge in [-0.05, 0) is 35.9 Å². The minimum Gasteiger partial charge on any atom is -0.497 e. The number of carbonyl (C=O) groups excluding carboxylic acids is 1. The van der Waals surface area contributed by atoms with Crippen LogP contribution in [-0.4, -0.2) is 35.8 Å². The number of anilines is 1. The van der Waals surface area contributed by atoms with E-state index < -0.39 is 0 Å². The standard InChI is InChI=1S/C32H26N4O3S2/c1-38-23-14-12-21(13-15-23)25-18-27(22-8-4-3-5-9-22)34-31(26(25)19-33)40-17-16-30(37)36-32-35-28(20-41-32)24-10-6-7-11-29(24)39-2/h3-15,18,20H,16-17H2,1-2H3,(H,35,36,37). The van der Waals surface area contributed by atoms with Gasteiger partial charge in [-0.15, -0.1) is 23.1 Å². The molecule has 3 aromatic carbocycles. The van der Waals surface area contributed by atoms with E-state index >= 15 is 0 Å². The van der Waals surface area contributed by atoms with E-state index in [-0.39, 0.29) is 12.3 Å². The predicted octanol–water partition coefficient (Wildman–Crippen LogP) is 7.55. The fourth-order valence-electron chi connectivity index (χ4n) is 4.22. The van der Waals surface area contributed by atoms with Crippen LogP contribution in [0.2, 0.25) is 0 Å². The number of benzene rings is 3. The van der Waals surface area contributed by atoms with E-state index in [0.717, 1.165) is 45.1 Å². The van der Waals surface area contributed by atoms with Gasteiger partial charge in [0.15, 0.2) is 5.13 Å². The van der Waals surface area contributed by atoms with Gasteiger partial charge in [-0.2, -0.15) is 5.26 Å². The molecule has 7 nitrogen and oxygen atoms in total. The van der Waals surface area contributed by atoms with Crippen LogP contribution < -0.4 is 14.8 Å². The first-order valence-corrected chi connectivity index (χ1v) is 14.6. The summed E-state index contributed by atoms with van der Waals surface area (Å²) in [6.07, 6.45) is 0.230. The summed E-state index contributed by atoms with van der Waals surface area (Å²) >= 11 is 2.75. The van der Waals surface area contributed by atoms with Crippen LogP contribution >= 0.6 is 23.1 Å². The van der Waals surface area contributed by atoms with Gasteiger partial charge in [-0.3, -0.25) is 4.79 Å². The number of para-hydroxylation sites is 1. The molecule has 1 N–H and O–H groups in total. The maximum Gasteiger partial charge on any atom is 0.226 e. The second-order valence-corrected chi connectivity index (χ2v) is 10.8. The molecule has 0 aliphatic rings. The Kier molecular flexibility index (Phi) is 8.94. The van der Waals surface area contributed by atoms with Gasteiger partial charge >= 0.3 is 0 Å². The Morgan fingerprint density at radius 1 is 0.902 bits per heavy atom. The largest absolute Gasteiger partial charge is 0.497 e. The monoisotopic (exact) mass is 578 g/mol. The Morgan fingerprint density at radius 2 is 1.66 bits per heavy atom. The molecular weight excluding hydrogens is 553 g/mol. The van der Waals surface area contributed by atoms with Crippen molar-refractivity contribution in [1.29, 1.82) is 5.26 Å². The average molecular weight is 579 g/mol. The molecule has 2 heterocycles. The Labute approximate surface area is 246 Å². The number of thiazole rings is 1. The third kappa shape index (κ3) is 6.57. The highest BCUT2D eigenvalue weighted by atomic mass is 32.2. The molecule has 0 atom stereocenters. The molecular formula is C32H26N4O3S2. The summed E-state index contributed by atoms with van der Waals surface area (Å²) in [7, 11) is 3.24. The zero-order valence-electron chi connectivity index (χ0n) is 22.5. The minimum atomic E-state index is -0.161. The zero-order valence-corrected chi connectivity index (χ0v) is 24.1. The Balaban J connectivity index is 1.33. The molecule has 0 spiro atoms. The maximum atomic E-state index is 12.8. The summed E-state index contributed by atoms with van der Waals surface area (Å²) < 4.78 is 10.7. The molecule has 0 saturated carbocycles. The number of aromatic nitrogens is 2. The Bertz CT molecular complexity index is 1700. The first kappa shape index (κ1) is 27.9. The van der Waals surface area contributed by atoms with Crippen molar-refractivity contribution in [3.05, 3.63) is 95.9 Å². The summed E-state index contributed by atoms with van der Waals surface area (Å²) in [6, 6.07) is 29.3. The van der Waals surface area contributed by atoms with Gasteiger partial charge in [-0.25, -0.2) is 9.97 Å². The molecule has 1 amide bonds. The number of pyridine rings is 1. The number of ether oxygens (including phenoxy) is 2. The lowest BCUT2D eigenvalue weighted by atomic mass is 9.99. The smallest absolute Gasteiger partial charge is 0.226 e. The number of nitrogens with zero attached hydrogens (tertiary/aromatic N) is 3. The van der Waals surface area contributed by atoms with Gasteiger partial charge in [0, 0.05) is 34.2 Å². The van der Waals surface area contributed by atoms with Crippen molar-refractivity contribution in [2.24, 2.45) is 0 Å². The van der Waals surface area contributed by atoms with Crippen LogP contribution in [0, 0.1) is 11.3 Å². The van der Waals surface area contributed by atoms with E-state index in [1.807, 2.05) is 90.3 Å². The molecule has 2 aromatic heterocycles. The number of methoxy groups -OCH3 is 2. The molecule has 0 radical (unpaired) electrons. The van der Waals surface area contributed by atoms with Crippen LogP contribution in [0.25, 0.3) is 33.6 Å². The topological polar surface area (TPSA) is 97.1 Å². The zero-order chi connectivity index (χ0) is 28.6. The lowest BCUT2D eigenvalue weighted by molar-refractivity contribution is -0.115. The number of nitriles is 1. The molecule has 5 rings (SSSR count). The molecule has 0 unspecified atom stereocenters. The van der Waals surface area contributed by atoms with E-state index in [0.29, 0.717) is 21.5 Å². The number of hydrogen-bond donors (Lipinski definition) is 1. The quantitative estimate of drug-likeness (QED) is 0.171. The van der Waals surface area contributed by atoms with Gasteiger partial charge in [0.25, 0.3) is 0 Å². The molecule has 0 bridgehead atoms. The van der Waals surface area contributed by atoms with Crippen LogP contribution in [0.5, 0.6) is 11.5 Å². The molecule has 9 heteroatoms. The fourth-order valence-corrected chi connectivity index (χ4v) is 5.89. The second-order valence-electron chi connectivity index (χ2n) is 8.83. The summed E-state index contributed by atoms with van der Waals surface area (Å²) in [5.74, 6) is 1.74. The second kappa shape index (κ2) is 13.1. The van der Waals surface area contributed by atoms with Crippen molar-refractivity contribution in [3.63, 3.8) is 0 Å². The number of amides is 1. The van der Waals surface area contributed by atoms with Crippen molar-refractivity contribution >= 4 is 34.1 Å². The van der Waals surface area contributed by atoms with Gasteiger partial charge in [0.1, 0.15) is 22.6 Å². The van der Waals surface area contributed by atoms with E-state index in [9.17, 15) is 10.1 Å². The Morgan fingerprint density at radius 3 is 2.39 bits per heavy atom. The van der Waals surface area contributed by atoms with E-state index in [1.54, 1.807) is 14.2 Å². The fraction of sp³-hybridized carbons (Fsp3) is 0.125. The van der Waals surface area contributed by atoms with Gasteiger partial charge in [0.05, 0.1) is 31.2 Å². The minimum absolute atomic E-state index is 0.161. The third-order valence-corrected chi connectivity index (χ3v) is 8.00. The first-order chi connectivity index (χ1) is 20.1. The molecule has 5 aromatic rings. The van der Waals surface area contributed by atoms with Crippen molar-refractivity contribution in [3.8, 4) is 51.2 Å². The molecule has 204 valence electrons. The highest BCUT2D eigenvalue weighted by Crippen LogP contribution is 2.35. The van der Waals surface area contributed by atoms with E-state index in [4.69, 9.17) is 14.5 Å². The van der Waals surface area contributed by atoms with Gasteiger partial charge in [-0.1, -0.05) is 54.6 Å². The number of hydrogen-bond acceptors (Lipinski definition) is 8. The highest BCUT2D eigenvalue weighted by molar-refractivity contribution is 7.99. The van der Waals surface area contributed by atoms with Gasteiger partial charge < -0.3 is 14.8 Å². The van der Waals surface area contributed by atoms with Crippen LogP contribution in [0.3, 0.4) is 0 Å². The molecule has 0 aliphatic carbocycles. The Hall–Kier alpha value is -4.65. The van der Waals surface area contributed by atoms with E-state index in [1.165, 1.54) is 23.1 Å². The maximum absolute atomic E-state index is 12.8. The highest BCUT2D eigenvalue weighted by Gasteiger charge is 2.17. The average Bonchev–Trinajstić information content (AvgIpc) is 3.49. The third-order valence-electron chi connectivity index (χ3n) is 6.27. The van der Waals surface area contributed by atoms with Crippen LogP contribution in [0.4, 0.5) is 5.13 Å². The molecule has 0 fully saturated rings. The molecule has 0 saturated heterocycles. The lowest BCUT2D eigenvalue weighted by Gasteiger charge is -2.13. The number of rotatable bonds is 10. The molecule has 0 aliphatic heterocycles. The van der Waals surface area contributed by atoms with Gasteiger partial charge in [0.2, 0.25) is 5.91 Å². The summed E-state index contributed by atoms with van der Waals surface area (Å²) in [5.41, 5.74) is 5.45. The molecule has 41 heavy (non-hydrogen) atoms. The van der Waals surface area contributed by atoms with E-state index in [2.05, 4.69) is 16.4 Å². The first-order valence-electron chi connectivity index (χ1n) is 12.8. The van der Waals surface area contributed by atoms with Crippen molar-refractivity contribution < 1.29 is 14.3 Å². The van der Waals surface area contributed by atoms with Crippen LogP contribution in [0.1, 0.15) is 12.0 Å². The van der Waals surface area contributed by atoms with Crippen molar-refractivity contribution in [2.75, 3.05) is 25.3 Å².